The number of esters is 2. The van der Waals surface area contributed by atoms with Gasteiger partial charge in [-0.05, 0) is 25.5 Å². The van der Waals surface area contributed by atoms with E-state index in [1.54, 1.807) is 0 Å². The Labute approximate surface area is 186 Å². The maximum Gasteiger partial charge on any atom is 0.422 e. The van der Waals surface area contributed by atoms with Crippen molar-refractivity contribution in [1.82, 2.24) is 5.32 Å². The SMILES string of the molecule is CC1=C(C(=O)OCC(F)(F)F)C(c2ccccc2C(F)(F)F)C(C(=O)OCC(F)(F)F)=C(C)N1. The number of alkyl halides is 9. The Kier molecular flexibility index (Phi) is 7.63. The Hall–Kier alpha value is -3.19. The molecule has 188 valence electrons. The molecule has 2 rings (SSSR count). The number of nitrogens with one attached hydrogen (secondary N) is 1. The van der Waals surface area contributed by atoms with Crippen LogP contribution >= 0.6 is 0 Å². The van der Waals surface area contributed by atoms with E-state index in [-0.39, 0.29) is 11.4 Å². The molecule has 0 saturated carbocycles. The summed E-state index contributed by atoms with van der Waals surface area (Å²) >= 11 is 0. The zero-order valence-corrected chi connectivity index (χ0v) is 17.3. The average molecular weight is 505 g/mol. The van der Waals surface area contributed by atoms with Gasteiger partial charge in [0.15, 0.2) is 13.2 Å². The molecule has 0 fully saturated rings. The molecule has 0 unspecified atom stereocenters. The largest absolute Gasteiger partial charge is 0.453 e. The van der Waals surface area contributed by atoms with Crippen LogP contribution in [0.3, 0.4) is 0 Å². The van der Waals surface area contributed by atoms with Crippen molar-refractivity contribution in [2.75, 3.05) is 13.2 Å². The molecule has 1 aromatic rings. The highest BCUT2D eigenvalue weighted by molar-refractivity contribution is 6.00. The highest BCUT2D eigenvalue weighted by Crippen LogP contribution is 2.44. The smallest absolute Gasteiger partial charge is 0.422 e. The highest BCUT2D eigenvalue weighted by atomic mass is 19.4. The van der Waals surface area contributed by atoms with E-state index in [2.05, 4.69) is 14.8 Å². The first-order valence-electron chi connectivity index (χ1n) is 9.25. The lowest BCUT2D eigenvalue weighted by Crippen LogP contribution is -2.35. The van der Waals surface area contributed by atoms with Gasteiger partial charge in [-0.1, -0.05) is 18.2 Å². The standard InChI is InChI=1S/C20H16F9NO4/c1-9-13(16(31)33-7-18(21,22)23)15(11-5-3-4-6-12(11)20(27,28)29)14(10(2)30-9)17(32)34-8-19(24,25)26/h3-6,15,30H,7-8H2,1-2H3. The number of hydrogen-bond acceptors (Lipinski definition) is 5. The van der Waals surface area contributed by atoms with E-state index in [4.69, 9.17) is 0 Å². The minimum absolute atomic E-state index is 0.265. The van der Waals surface area contributed by atoms with Crippen LogP contribution in [-0.4, -0.2) is 37.5 Å². The first-order chi connectivity index (χ1) is 15.4. The van der Waals surface area contributed by atoms with Crippen LogP contribution in [0.25, 0.3) is 0 Å². The van der Waals surface area contributed by atoms with Crippen molar-refractivity contribution in [2.45, 2.75) is 38.3 Å². The van der Waals surface area contributed by atoms with Crippen LogP contribution in [0, 0.1) is 0 Å². The summed E-state index contributed by atoms with van der Waals surface area (Å²) in [4.78, 5) is 25.1. The monoisotopic (exact) mass is 505 g/mol. The Morgan fingerprint density at radius 1 is 0.794 bits per heavy atom. The van der Waals surface area contributed by atoms with Gasteiger partial charge in [-0.3, -0.25) is 0 Å². The normalized spacial score (nSPS) is 15.9. The Bertz CT molecular complexity index is 968. The van der Waals surface area contributed by atoms with E-state index < -0.39 is 71.9 Å². The molecule has 14 heteroatoms. The van der Waals surface area contributed by atoms with Crippen LogP contribution in [0.4, 0.5) is 39.5 Å². The van der Waals surface area contributed by atoms with Crippen molar-refractivity contribution in [3.05, 3.63) is 57.9 Å². The fourth-order valence-corrected chi connectivity index (χ4v) is 3.30. The van der Waals surface area contributed by atoms with Gasteiger partial charge in [-0.25, -0.2) is 9.59 Å². The summed E-state index contributed by atoms with van der Waals surface area (Å²) < 4.78 is 125. The average Bonchev–Trinajstić information content (AvgIpc) is 2.68. The Morgan fingerprint density at radius 2 is 1.21 bits per heavy atom. The predicted molar refractivity (Wildman–Crippen MR) is 96.7 cm³/mol. The third kappa shape index (κ3) is 6.67. The molecule has 1 N–H and O–H groups in total. The highest BCUT2D eigenvalue weighted by Gasteiger charge is 2.44. The molecule has 1 aliphatic heterocycles. The van der Waals surface area contributed by atoms with Crippen molar-refractivity contribution in [3.63, 3.8) is 0 Å². The molecule has 0 amide bonds. The second kappa shape index (κ2) is 9.58. The van der Waals surface area contributed by atoms with E-state index in [9.17, 15) is 49.1 Å². The number of ether oxygens (including phenoxy) is 2. The number of halogens is 9. The number of carbonyl (C=O) groups excluding carboxylic acids is 2. The quantitative estimate of drug-likeness (QED) is 0.443. The van der Waals surface area contributed by atoms with E-state index in [1.807, 2.05) is 0 Å². The topological polar surface area (TPSA) is 64.6 Å². The first kappa shape index (κ1) is 27.1. The fraction of sp³-hybridized carbons (Fsp3) is 0.400. The minimum atomic E-state index is -5.05. The van der Waals surface area contributed by atoms with Gasteiger partial charge in [0.1, 0.15) is 0 Å². The van der Waals surface area contributed by atoms with Gasteiger partial charge in [0.25, 0.3) is 0 Å². The third-order valence-electron chi connectivity index (χ3n) is 4.51. The molecule has 0 aliphatic carbocycles. The molecule has 0 bridgehead atoms. The zero-order valence-electron chi connectivity index (χ0n) is 17.3. The summed E-state index contributed by atoms with van der Waals surface area (Å²) in [5.41, 5.74) is -4.33. The van der Waals surface area contributed by atoms with Gasteiger partial charge in [0, 0.05) is 11.4 Å². The van der Waals surface area contributed by atoms with E-state index >= 15 is 0 Å². The number of rotatable bonds is 5. The van der Waals surface area contributed by atoms with Crippen LogP contribution in [0.1, 0.15) is 30.9 Å². The van der Waals surface area contributed by atoms with E-state index in [1.165, 1.54) is 0 Å². The van der Waals surface area contributed by atoms with Gasteiger partial charge >= 0.3 is 30.5 Å². The van der Waals surface area contributed by atoms with Crippen LogP contribution in [0.15, 0.2) is 46.8 Å². The van der Waals surface area contributed by atoms with Crippen molar-refractivity contribution >= 4 is 11.9 Å². The minimum Gasteiger partial charge on any atom is -0.453 e. The van der Waals surface area contributed by atoms with Crippen molar-refractivity contribution in [2.24, 2.45) is 0 Å². The van der Waals surface area contributed by atoms with Gasteiger partial charge < -0.3 is 14.8 Å². The predicted octanol–water partition coefficient (Wildman–Crippen LogP) is 5.15. The third-order valence-corrected chi connectivity index (χ3v) is 4.51. The van der Waals surface area contributed by atoms with Gasteiger partial charge in [-0.2, -0.15) is 39.5 Å². The summed E-state index contributed by atoms with van der Waals surface area (Å²) in [6, 6.07) is 3.49. The summed E-state index contributed by atoms with van der Waals surface area (Å²) in [5, 5.41) is 2.41. The summed E-state index contributed by atoms with van der Waals surface area (Å²) in [6.07, 6.45) is -15.0. The molecule has 5 nitrogen and oxygen atoms in total. The molecule has 0 spiro atoms. The van der Waals surface area contributed by atoms with Gasteiger partial charge in [-0.15, -0.1) is 0 Å². The molecule has 0 radical (unpaired) electrons. The number of benzene rings is 1. The van der Waals surface area contributed by atoms with Gasteiger partial charge in [0.2, 0.25) is 0 Å². The van der Waals surface area contributed by atoms with Crippen LogP contribution in [0.2, 0.25) is 0 Å². The lowest BCUT2D eigenvalue weighted by molar-refractivity contribution is -0.184. The molecular formula is C20H16F9NO4. The lowest BCUT2D eigenvalue weighted by atomic mass is 9.78. The summed E-state index contributed by atoms with van der Waals surface area (Å²) in [5.74, 6) is -5.49. The first-order valence-corrected chi connectivity index (χ1v) is 9.25. The molecular weight excluding hydrogens is 489 g/mol. The van der Waals surface area contributed by atoms with E-state index in [0.717, 1.165) is 32.0 Å². The lowest BCUT2D eigenvalue weighted by Gasteiger charge is -2.32. The molecule has 1 heterocycles. The fourth-order valence-electron chi connectivity index (χ4n) is 3.30. The maximum absolute atomic E-state index is 13.7. The maximum atomic E-state index is 13.7. The van der Waals surface area contributed by atoms with Crippen molar-refractivity contribution in [3.8, 4) is 0 Å². The molecule has 0 saturated heterocycles. The molecule has 0 aromatic heterocycles. The van der Waals surface area contributed by atoms with Crippen LogP contribution in [-0.2, 0) is 25.2 Å². The molecule has 1 aliphatic rings. The number of carbonyl (C=O) groups is 2. The Balaban J connectivity index is 2.68. The van der Waals surface area contributed by atoms with Crippen LogP contribution < -0.4 is 5.32 Å². The number of allylic oxidation sites excluding steroid dienone is 2. The van der Waals surface area contributed by atoms with Crippen LogP contribution in [0.5, 0.6) is 0 Å². The second-order valence-electron chi connectivity index (χ2n) is 7.10. The second-order valence-corrected chi connectivity index (χ2v) is 7.10. The zero-order chi connectivity index (χ0) is 26.1. The van der Waals surface area contributed by atoms with Crippen molar-refractivity contribution in [1.29, 1.82) is 0 Å². The number of hydrogen-bond donors (Lipinski definition) is 1. The van der Waals surface area contributed by atoms with E-state index in [0.29, 0.717) is 6.07 Å². The summed E-state index contributed by atoms with van der Waals surface area (Å²) in [6.45, 7) is -1.94. The number of dihydropyridines is 1. The summed E-state index contributed by atoms with van der Waals surface area (Å²) in [7, 11) is 0. The van der Waals surface area contributed by atoms with Crippen molar-refractivity contribution < 1.29 is 58.6 Å². The van der Waals surface area contributed by atoms with Gasteiger partial charge in [0.05, 0.1) is 22.6 Å². The molecule has 0 atom stereocenters. The molecule has 34 heavy (non-hydrogen) atoms. The Morgan fingerprint density at radius 3 is 1.59 bits per heavy atom. The molecule has 1 aromatic carbocycles.